The molecular formula is C16H24INO. The predicted octanol–water partition coefficient (Wildman–Crippen LogP) is -0.272. The molecule has 3 saturated heterocycles. The summed E-state index contributed by atoms with van der Waals surface area (Å²) in [5.74, 6) is 2.84. The number of hydrogen-bond donors (Lipinski definition) is 0. The first-order chi connectivity index (χ1) is 8.68. The van der Waals surface area contributed by atoms with E-state index in [1.165, 1.54) is 48.9 Å². The number of ether oxygens (including phenoxy) is 1. The van der Waals surface area contributed by atoms with Gasteiger partial charge in [-0.25, -0.2) is 0 Å². The monoisotopic (exact) mass is 373 g/mol. The summed E-state index contributed by atoms with van der Waals surface area (Å²) in [5.41, 5.74) is 1.47. The predicted molar refractivity (Wildman–Crippen MR) is 73.7 cm³/mol. The minimum Gasteiger partial charge on any atom is -1.00 e. The van der Waals surface area contributed by atoms with Gasteiger partial charge in [0.05, 0.1) is 33.8 Å². The normalized spacial score (nSPS) is 32.7. The van der Waals surface area contributed by atoms with Crippen LogP contribution in [0, 0.1) is 11.8 Å². The van der Waals surface area contributed by atoms with Gasteiger partial charge in [-0.1, -0.05) is 12.1 Å². The Kier molecular flexibility index (Phi) is 4.77. The van der Waals surface area contributed by atoms with Gasteiger partial charge in [-0.05, 0) is 30.0 Å². The minimum atomic E-state index is 0. The van der Waals surface area contributed by atoms with E-state index in [0.29, 0.717) is 0 Å². The maximum absolute atomic E-state index is 5.22. The van der Waals surface area contributed by atoms with Crippen LogP contribution in [0.1, 0.15) is 18.4 Å². The number of piperidine rings is 3. The van der Waals surface area contributed by atoms with Gasteiger partial charge in [-0.2, -0.15) is 0 Å². The van der Waals surface area contributed by atoms with Gasteiger partial charge in [0.1, 0.15) is 5.75 Å². The highest BCUT2D eigenvalue weighted by Crippen LogP contribution is 2.38. The maximum Gasteiger partial charge on any atom is 0.118 e. The Bertz CT molecular complexity index is 409. The zero-order chi connectivity index (χ0) is 12.6. The van der Waals surface area contributed by atoms with Crippen LogP contribution >= 0.6 is 0 Å². The molecule has 106 valence electrons. The number of quaternary nitrogens is 1. The van der Waals surface area contributed by atoms with Crippen molar-refractivity contribution in [2.45, 2.75) is 19.3 Å². The van der Waals surface area contributed by atoms with Crippen molar-refractivity contribution >= 4 is 0 Å². The first-order valence-electron chi connectivity index (χ1n) is 7.15. The number of nitrogens with zero attached hydrogens (tertiary/aromatic N) is 1. The molecule has 0 aliphatic carbocycles. The fourth-order valence-corrected chi connectivity index (χ4v) is 3.88. The molecule has 1 unspecified atom stereocenters. The van der Waals surface area contributed by atoms with Gasteiger partial charge in [0, 0.05) is 18.8 Å². The average molecular weight is 373 g/mol. The molecular weight excluding hydrogens is 349 g/mol. The molecule has 4 rings (SSSR count). The van der Waals surface area contributed by atoms with Crippen LogP contribution in [0.3, 0.4) is 0 Å². The number of hydrogen-bond acceptors (Lipinski definition) is 1. The van der Waals surface area contributed by atoms with Crippen LogP contribution < -0.4 is 28.7 Å². The lowest BCUT2D eigenvalue weighted by Crippen LogP contribution is -3.00. The standard InChI is InChI=1S/C16H24NO.HI/c1-17-9-7-14(8-10-17)15(12-17)11-13-3-5-16(18-2)6-4-13;/h3-6,14-15H,7-12H2,1-2H3;1H/q+1;/p-1. The van der Waals surface area contributed by atoms with Crippen molar-refractivity contribution in [2.24, 2.45) is 11.8 Å². The molecule has 1 atom stereocenters. The lowest BCUT2D eigenvalue weighted by molar-refractivity contribution is -0.929. The van der Waals surface area contributed by atoms with Gasteiger partial charge < -0.3 is 33.2 Å². The van der Waals surface area contributed by atoms with E-state index in [1.54, 1.807) is 7.11 Å². The van der Waals surface area contributed by atoms with Crippen molar-refractivity contribution in [3.8, 4) is 5.75 Å². The molecule has 1 aromatic carbocycles. The van der Waals surface area contributed by atoms with E-state index in [9.17, 15) is 0 Å². The second kappa shape index (κ2) is 6.00. The van der Waals surface area contributed by atoms with E-state index >= 15 is 0 Å². The SMILES string of the molecule is COc1ccc(CC2C[N+]3(C)CCC2CC3)cc1.[I-]. The van der Waals surface area contributed by atoms with Gasteiger partial charge in [0.2, 0.25) is 0 Å². The van der Waals surface area contributed by atoms with Gasteiger partial charge >= 0.3 is 0 Å². The molecule has 3 aliphatic heterocycles. The number of methoxy groups -OCH3 is 1. The van der Waals surface area contributed by atoms with Gasteiger partial charge in [0.25, 0.3) is 0 Å². The summed E-state index contributed by atoms with van der Waals surface area (Å²) in [7, 11) is 4.17. The van der Waals surface area contributed by atoms with Crippen molar-refractivity contribution in [1.82, 2.24) is 0 Å². The Hall–Kier alpha value is -0.290. The molecule has 0 spiro atoms. The molecule has 1 aromatic rings. The van der Waals surface area contributed by atoms with E-state index in [0.717, 1.165) is 17.6 Å². The Labute approximate surface area is 133 Å². The number of fused-ring (bicyclic) bond motifs is 3. The van der Waals surface area contributed by atoms with Crippen molar-refractivity contribution in [1.29, 1.82) is 0 Å². The smallest absolute Gasteiger partial charge is 0.118 e. The zero-order valence-electron chi connectivity index (χ0n) is 11.9. The Morgan fingerprint density at radius 1 is 1.16 bits per heavy atom. The summed E-state index contributed by atoms with van der Waals surface area (Å²) in [6, 6.07) is 8.65. The summed E-state index contributed by atoms with van der Waals surface area (Å²) in [4.78, 5) is 0. The topological polar surface area (TPSA) is 9.23 Å². The van der Waals surface area contributed by atoms with Crippen LogP contribution in [0.5, 0.6) is 5.75 Å². The fraction of sp³-hybridized carbons (Fsp3) is 0.625. The van der Waals surface area contributed by atoms with E-state index in [4.69, 9.17) is 4.74 Å². The molecule has 3 heterocycles. The quantitative estimate of drug-likeness (QED) is 0.524. The summed E-state index contributed by atoms with van der Waals surface area (Å²) >= 11 is 0. The third-order valence-corrected chi connectivity index (χ3v) is 5.08. The highest BCUT2D eigenvalue weighted by molar-refractivity contribution is 5.27. The number of benzene rings is 1. The van der Waals surface area contributed by atoms with Crippen LogP contribution in [-0.4, -0.2) is 38.3 Å². The molecule has 0 saturated carbocycles. The lowest BCUT2D eigenvalue weighted by atomic mass is 9.75. The van der Waals surface area contributed by atoms with Gasteiger partial charge in [-0.3, -0.25) is 0 Å². The largest absolute Gasteiger partial charge is 1.00 e. The van der Waals surface area contributed by atoms with Crippen molar-refractivity contribution in [3.63, 3.8) is 0 Å². The molecule has 19 heavy (non-hydrogen) atoms. The first kappa shape index (κ1) is 15.1. The third-order valence-electron chi connectivity index (χ3n) is 5.08. The second-order valence-corrected chi connectivity index (χ2v) is 6.40. The number of rotatable bonds is 3. The molecule has 0 amide bonds. The fourth-order valence-electron chi connectivity index (χ4n) is 3.88. The zero-order valence-corrected chi connectivity index (χ0v) is 14.1. The minimum absolute atomic E-state index is 0. The van der Waals surface area contributed by atoms with E-state index < -0.39 is 0 Å². The lowest BCUT2D eigenvalue weighted by Gasteiger charge is -2.50. The first-order valence-corrected chi connectivity index (χ1v) is 7.15. The number of halogens is 1. The molecule has 2 nitrogen and oxygen atoms in total. The summed E-state index contributed by atoms with van der Waals surface area (Å²) < 4.78 is 6.54. The average Bonchev–Trinajstić information content (AvgIpc) is 2.40. The summed E-state index contributed by atoms with van der Waals surface area (Å²) in [5, 5.41) is 0. The second-order valence-electron chi connectivity index (χ2n) is 6.40. The maximum atomic E-state index is 5.22. The third kappa shape index (κ3) is 3.24. The Balaban J connectivity index is 0.00000133. The van der Waals surface area contributed by atoms with Crippen LogP contribution in [0.4, 0.5) is 0 Å². The highest BCUT2D eigenvalue weighted by atomic mass is 127. The molecule has 0 aromatic heterocycles. The summed E-state index contributed by atoms with van der Waals surface area (Å²) in [6.07, 6.45) is 4.14. The molecule has 3 heteroatoms. The van der Waals surface area contributed by atoms with E-state index in [1.807, 2.05) is 0 Å². The molecule has 0 radical (unpaired) electrons. The van der Waals surface area contributed by atoms with Crippen LogP contribution in [-0.2, 0) is 6.42 Å². The van der Waals surface area contributed by atoms with Crippen LogP contribution in [0.2, 0.25) is 0 Å². The van der Waals surface area contributed by atoms with Gasteiger partial charge in [0.15, 0.2) is 0 Å². The van der Waals surface area contributed by atoms with Crippen molar-refractivity contribution in [2.75, 3.05) is 33.8 Å². The summed E-state index contributed by atoms with van der Waals surface area (Å²) in [6.45, 7) is 4.20. The van der Waals surface area contributed by atoms with Crippen molar-refractivity contribution in [3.05, 3.63) is 29.8 Å². The van der Waals surface area contributed by atoms with E-state index in [-0.39, 0.29) is 24.0 Å². The Morgan fingerprint density at radius 3 is 2.32 bits per heavy atom. The molecule has 3 aliphatic rings. The van der Waals surface area contributed by atoms with E-state index in [2.05, 4.69) is 31.3 Å². The van der Waals surface area contributed by atoms with Crippen LogP contribution in [0.15, 0.2) is 24.3 Å². The molecule has 3 fully saturated rings. The van der Waals surface area contributed by atoms with Gasteiger partial charge in [-0.15, -0.1) is 0 Å². The highest BCUT2D eigenvalue weighted by Gasteiger charge is 2.42. The van der Waals surface area contributed by atoms with Crippen molar-refractivity contribution < 1.29 is 33.2 Å². The Morgan fingerprint density at radius 2 is 1.79 bits per heavy atom. The molecule has 2 bridgehead atoms. The molecule has 0 N–H and O–H groups in total. The van der Waals surface area contributed by atoms with Crippen LogP contribution in [0.25, 0.3) is 0 Å².